The number of anilines is 1. The van der Waals surface area contributed by atoms with Crippen molar-refractivity contribution in [2.24, 2.45) is 0 Å². The number of aromatic nitrogens is 4. The molecule has 8 nitrogen and oxygen atoms in total. The molecule has 2 aromatic carbocycles. The van der Waals surface area contributed by atoms with Gasteiger partial charge in [0.15, 0.2) is 22.3 Å². The van der Waals surface area contributed by atoms with Gasteiger partial charge in [-0.3, -0.25) is 4.90 Å². The van der Waals surface area contributed by atoms with Gasteiger partial charge < -0.3 is 14.4 Å². The molecule has 0 atom stereocenters. The molecule has 1 fully saturated rings. The number of ether oxygens (including phenoxy) is 2. The minimum atomic E-state index is 0.675. The van der Waals surface area contributed by atoms with E-state index in [1.165, 1.54) is 17.0 Å². The fourth-order valence-corrected chi connectivity index (χ4v) is 4.80. The molecule has 1 saturated heterocycles. The normalized spacial score (nSPS) is 14.8. The van der Waals surface area contributed by atoms with Crippen molar-refractivity contribution in [3.63, 3.8) is 0 Å². The number of piperazine rings is 1. The average Bonchev–Trinajstić information content (AvgIpc) is 3.41. The van der Waals surface area contributed by atoms with Gasteiger partial charge in [0.1, 0.15) is 0 Å². The Bertz CT molecular complexity index is 1170. The highest BCUT2D eigenvalue weighted by molar-refractivity contribution is 7.19. The van der Waals surface area contributed by atoms with Gasteiger partial charge in [0.05, 0.1) is 26.3 Å². The molecule has 2 aromatic heterocycles. The van der Waals surface area contributed by atoms with Crippen molar-refractivity contribution in [1.29, 1.82) is 0 Å². The maximum Gasteiger partial charge on any atom is 0.235 e. The van der Waals surface area contributed by atoms with Gasteiger partial charge in [-0.25, -0.2) is 0 Å². The van der Waals surface area contributed by atoms with Crippen LogP contribution in [0.5, 0.6) is 11.5 Å². The summed E-state index contributed by atoms with van der Waals surface area (Å²) >= 11 is 1.50. The molecule has 1 aliphatic rings. The summed E-state index contributed by atoms with van der Waals surface area (Å²) in [6, 6.07) is 16.4. The molecule has 0 N–H and O–H groups in total. The Labute approximate surface area is 184 Å². The first-order valence-electron chi connectivity index (χ1n) is 10.2. The van der Waals surface area contributed by atoms with Gasteiger partial charge in [0.25, 0.3) is 0 Å². The van der Waals surface area contributed by atoms with Crippen LogP contribution in [0.4, 0.5) is 5.69 Å². The van der Waals surface area contributed by atoms with Crippen molar-refractivity contribution in [1.82, 2.24) is 24.7 Å². The van der Waals surface area contributed by atoms with E-state index in [9.17, 15) is 0 Å². The summed E-state index contributed by atoms with van der Waals surface area (Å²) in [6.07, 6.45) is 0. The average molecular weight is 437 g/mol. The van der Waals surface area contributed by atoms with E-state index in [4.69, 9.17) is 14.6 Å². The first kappa shape index (κ1) is 19.8. The largest absolute Gasteiger partial charge is 0.493 e. The maximum absolute atomic E-state index is 5.58. The van der Waals surface area contributed by atoms with E-state index in [0.29, 0.717) is 11.5 Å². The monoisotopic (exact) mass is 436 g/mol. The van der Waals surface area contributed by atoms with E-state index >= 15 is 0 Å². The van der Waals surface area contributed by atoms with E-state index in [1.807, 2.05) is 22.7 Å². The third-order valence-electron chi connectivity index (χ3n) is 5.55. The minimum Gasteiger partial charge on any atom is -0.493 e. The second-order valence-electron chi connectivity index (χ2n) is 7.36. The summed E-state index contributed by atoms with van der Waals surface area (Å²) in [4.78, 5) is 5.60. The minimum absolute atomic E-state index is 0.675. The first-order valence-corrected chi connectivity index (χ1v) is 11.0. The molecule has 1 aliphatic heterocycles. The van der Waals surface area contributed by atoms with E-state index in [-0.39, 0.29) is 0 Å². The lowest BCUT2D eigenvalue weighted by molar-refractivity contribution is 0.242. The second-order valence-corrected chi connectivity index (χ2v) is 8.31. The number of fused-ring (bicyclic) bond motifs is 1. The molecular formula is C22H24N6O2S. The second kappa shape index (κ2) is 8.52. The van der Waals surface area contributed by atoms with Crippen LogP contribution < -0.4 is 14.4 Å². The Balaban J connectivity index is 1.33. The van der Waals surface area contributed by atoms with Crippen LogP contribution >= 0.6 is 11.3 Å². The molecule has 31 heavy (non-hydrogen) atoms. The van der Waals surface area contributed by atoms with Crippen LogP contribution in [0.25, 0.3) is 15.5 Å². The van der Waals surface area contributed by atoms with Gasteiger partial charge in [-0.2, -0.15) is 9.61 Å². The Kier molecular flexibility index (Phi) is 5.44. The van der Waals surface area contributed by atoms with Crippen LogP contribution in [0.15, 0.2) is 48.5 Å². The van der Waals surface area contributed by atoms with Gasteiger partial charge >= 0.3 is 0 Å². The SMILES string of the molecule is COc1cccc(-c2nn3c(CN4CCN(c5ccccc5)CC4)nnc3s2)c1OC. The number of methoxy groups -OCH3 is 2. The number of nitrogens with zero attached hydrogens (tertiary/aromatic N) is 6. The predicted octanol–water partition coefficient (Wildman–Crippen LogP) is 3.19. The van der Waals surface area contributed by atoms with Crippen molar-refractivity contribution in [3.8, 4) is 22.1 Å². The third kappa shape index (κ3) is 3.82. The number of hydrogen-bond donors (Lipinski definition) is 0. The lowest BCUT2D eigenvalue weighted by Crippen LogP contribution is -2.46. The van der Waals surface area contributed by atoms with E-state index < -0.39 is 0 Å². The Hall–Kier alpha value is -3.17. The van der Waals surface area contributed by atoms with Crippen molar-refractivity contribution in [2.45, 2.75) is 6.54 Å². The number of benzene rings is 2. The van der Waals surface area contributed by atoms with Gasteiger partial charge in [0.2, 0.25) is 4.96 Å². The third-order valence-corrected chi connectivity index (χ3v) is 6.48. The highest BCUT2D eigenvalue weighted by atomic mass is 32.1. The number of hydrogen-bond acceptors (Lipinski definition) is 8. The van der Waals surface area contributed by atoms with E-state index in [0.717, 1.165) is 54.1 Å². The molecule has 9 heteroatoms. The number of para-hydroxylation sites is 2. The Morgan fingerprint density at radius 3 is 2.45 bits per heavy atom. The molecule has 0 unspecified atom stereocenters. The van der Waals surface area contributed by atoms with Crippen molar-refractivity contribution < 1.29 is 9.47 Å². The molecule has 0 aliphatic carbocycles. The summed E-state index contributed by atoms with van der Waals surface area (Å²) in [5.41, 5.74) is 2.17. The molecule has 5 rings (SSSR count). The van der Waals surface area contributed by atoms with Crippen LogP contribution in [0, 0.1) is 0 Å². The van der Waals surface area contributed by atoms with Crippen molar-refractivity contribution in [3.05, 3.63) is 54.4 Å². The Morgan fingerprint density at radius 2 is 1.71 bits per heavy atom. The lowest BCUT2D eigenvalue weighted by Gasteiger charge is -2.35. The Morgan fingerprint density at radius 1 is 0.903 bits per heavy atom. The molecule has 0 spiro atoms. The molecule has 4 aromatic rings. The number of rotatable bonds is 6. The van der Waals surface area contributed by atoms with Gasteiger partial charge in [-0.05, 0) is 24.3 Å². The molecular weight excluding hydrogens is 412 g/mol. The molecule has 0 saturated carbocycles. The maximum atomic E-state index is 5.58. The zero-order valence-corrected chi connectivity index (χ0v) is 18.4. The first-order chi connectivity index (χ1) is 15.3. The highest BCUT2D eigenvalue weighted by Crippen LogP contribution is 2.39. The fraction of sp³-hybridized carbons (Fsp3) is 0.318. The standard InChI is InChI=1S/C22H24N6O2S/c1-29-18-10-6-9-17(20(18)30-2)21-25-28-19(23-24-22(28)31-21)15-26-11-13-27(14-12-26)16-7-4-3-5-8-16/h3-10H,11-15H2,1-2H3. The molecule has 3 heterocycles. The van der Waals surface area contributed by atoms with Crippen molar-refractivity contribution in [2.75, 3.05) is 45.3 Å². The van der Waals surface area contributed by atoms with Crippen molar-refractivity contribution >= 4 is 22.0 Å². The van der Waals surface area contributed by atoms with Crippen LogP contribution in [0.1, 0.15) is 5.82 Å². The van der Waals surface area contributed by atoms with Gasteiger partial charge in [0, 0.05) is 31.9 Å². The van der Waals surface area contributed by atoms with E-state index in [1.54, 1.807) is 14.2 Å². The zero-order chi connectivity index (χ0) is 21.2. The molecule has 0 amide bonds. The summed E-state index contributed by atoms with van der Waals surface area (Å²) in [5.74, 6) is 2.21. The van der Waals surface area contributed by atoms with Crippen LogP contribution in [-0.2, 0) is 6.54 Å². The van der Waals surface area contributed by atoms with Crippen LogP contribution in [0.2, 0.25) is 0 Å². The lowest BCUT2D eigenvalue weighted by atomic mass is 10.2. The van der Waals surface area contributed by atoms with Crippen LogP contribution in [0.3, 0.4) is 0 Å². The fourth-order valence-electron chi connectivity index (χ4n) is 3.92. The van der Waals surface area contributed by atoms with E-state index in [2.05, 4.69) is 50.3 Å². The van der Waals surface area contributed by atoms with Gasteiger partial charge in [-0.15, -0.1) is 10.2 Å². The smallest absolute Gasteiger partial charge is 0.235 e. The highest BCUT2D eigenvalue weighted by Gasteiger charge is 2.22. The summed E-state index contributed by atoms with van der Waals surface area (Å²) < 4.78 is 12.9. The van der Waals surface area contributed by atoms with Crippen LogP contribution in [-0.4, -0.2) is 65.1 Å². The summed E-state index contributed by atoms with van der Waals surface area (Å²) in [5, 5.41) is 14.4. The molecule has 160 valence electrons. The molecule has 0 radical (unpaired) electrons. The topological polar surface area (TPSA) is 68.0 Å². The summed E-state index contributed by atoms with van der Waals surface area (Å²) in [7, 11) is 3.28. The summed E-state index contributed by atoms with van der Waals surface area (Å²) in [6.45, 7) is 4.67. The predicted molar refractivity (Wildman–Crippen MR) is 121 cm³/mol. The van der Waals surface area contributed by atoms with Gasteiger partial charge in [-0.1, -0.05) is 35.6 Å². The molecule has 0 bridgehead atoms. The zero-order valence-electron chi connectivity index (χ0n) is 17.6. The quantitative estimate of drug-likeness (QED) is 0.460.